The number of ether oxygens (including phenoxy) is 1. The molecule has 0 aliphatic carbocycles. The molecule has 0 heterocycles. The Hall–Kier alpha value is -1.65. The molecule has 0 radical (unpaired) electrons. The van der Waals surface area contributed by atoms with E-state index in [2.05, 4.69) is 0 Å². The third-order valence-corrected chi connectivity index (χ3v) is 2.21. The molecule has 0 saturated carbocycles. The van der Waals surface area contributed by atoms with E-state index < -0.39 is 23.7 Å². The number of hydrogen-bond acceptors (Lipinski definition) is 2. The fourth-order valence-electron chi connectivity index (χ4n) is 1.38. The molecule has 0 saturated heterocycles. The van der Waals surface area contributed by atoms with Crippen molar-refractivity contribution in [3.05, 3.63) is 29.8 Å². The van der Waals surface area contributed by atoms with Crippen molar-refractivity contribution >= 4 is 5.97 Å². The lowest BCUT2D eigenvalue weighted by molar-refractivity contribution is -0.145. The third-order valence-electron chi connectivity index (χ3n) is 2.21. The fraction of sp³-hybridized carbons (Fsp3) is 0.417. The van der Waals surface area contributed by atoms with Crippen molar-refractivity contribution in [2.75, 3.05) is 0 Å². The average Bonchev–Trinajstić information content (AvgIpc) is 2.22. The van der Waals surface area contributed by atoms with Crippen LogP contribution in [0.1, 0.15) is 26.2 Å². The first-order valence-corrected chi connectivity index (χ1v) is 5.38. The molecule has 0 aliphatic heterocycles. The summed E-state index contributed by atoms with van der Waals surface area (Å²) in [6.45, 7) is 1.92. The molecule has 3 nitrogen and oxygen atoms in total. The smallest absolute Gasteiger partial charge is 0.344 e. The van der Waals surface area contributed by atoms with Gasteiger partial charge in [0, 0.05) is 18.2 Å². The Morgan fingerprint density at radius 2 is 1.94 bits per heavy atom. The second kappa shape index (κ2) is 6.18. The number of carboxylic acids is 1. The van der Waals surface area contributed by atoms with Crippen molar-refractivity contribution in [1.82, 2.24) is 0 Å². The Labute approximate surface area is 98.0 Å². The van der Waals surface area contributed by atoms with Crippen molar-refractivity contribution in [2.24, 2.45) is 0 Å². The van der Waals surface area contributed by atoms with Crippen molar-refractivity contribution in [3.8, 4) is 5.75 Å². The number of hydrogen-bond donors (Lipinski definition) is 1. The summed E-state index contributed by atoms with van der Waals surface area (Å²) in [4.78, 5) is 10.9. The lowest BCUT2D eigenvalue weighted by atomic mass is 10.1. The second-order valence-electron chi connectivity index (χ2n) is 3.69. The van der Waals surface area contributed by atoms with E-state index in [4.69, 9.17) is 9.84 Å². The summed E-state index contributed by atoms with van der Waals surface area (Å²) >= 11 is 0. The van der Waals surface area contributed by atoms with Crippen molar-refractivity contribution in [1.29, 1.82) is 0 Å². The first kappa shape index (κ1) is 13.4. The van der Waals surface area contributed by atoms with Gasteiger partial charge >= 0.3 is 5.97 Å². The largest absolute Gasteiger partial charge is 0.479 e. The zero-order chi connectivity index (χ0) is 12.8. The van der Waals surface area contributed by atoms with Crippen LogP contribution in [0.5, 0.6) is 5.75 Å². The van der Waals surface area contributed by atoms with E-state index in [0.717, 1.165) is 18.6 Å². The van der Waals surface area contributed by atoms with Crippen molar-refractivity contribution in [3.63, 3.8) is 0 Å². The van der Waals surface area contributed by atoms with Gasteiger partial charge in [0.1, 0.15) is 17.4 Å². The van der Waals surface area contributed by atoms with Gasteiger partial charge in [0.25, 0.3) is 0 Å². The van der Waals surface area contributed by atoms with Crippen molar-refractivity contribution < 1.29 is 23.4 Å². The van der Waals surface area contributed by atoms with Gasteiger partial charge in [-0.25, -0.2) is 13.6 Å². The molecule has 0 fully saturated rings. The predicted molar refractivity (Wildman–Crippen MR) is 57.9 cm³/mol. The maximum atomic E-state index is 12.9. The maximum absolute atomic E-state index is 12.9. The standard InChI is InChI=1S/C12H14F2O3/c1-2-3-4-11(12(15)16)17-10-6-8(13)5-9(14)7-10/h5-7,11H,2-4H2,1H3,(H,15,16). The van der Waals surface area contributed by atoms with E-state index in [1.54, 1.807) is 0 Å². The highest BCUT2D eigenvalue weighted by atomic mass is 19.1. The Morgan fingerprint density at radius 3 is 2.41 bits per heavy atom. The minimum absolute atomic E-state index is 0.106. The monoisotopic (exact) mass is 244 g/mol. The van der Waals surface area contributed by atoms with Crippen LogP contribution in [-0.4, -0.2) is 17.2 Å². The van der Waals surface area contributed by atoms with Crippen LogP contribution >= 0.6 is 0 Å². The van der Waals surface area contributed by atoms with E-state index in [0.29, 0.717) is 18.9 Å². The second-order valence-corrected chi connectivity index (χ2v) is 3.69. The summed E-state index contributed by atoms with van der Waals surface area (Å²) in [5.74, 6) is -2.83. The number of carboxylic acid groups (broad SMARTS) is 1. The molecular weight excluding hydrogens is 230 g/mol. The minimum Gasteiger partial charge on any atom is -0.479 e. The minimum atomic E-state index is -1.14. The van der Waals surface area contributed by atoms with Gasteiger partial charge in [0.2, 0.25) is 0 Å². The molecule has 1 aromatic carbocycles. The molecule has 0 amide bonds. The molecule has 0 spiro atoms. The number of halogens is 2. The van der Waals surface area contributed by atoms with Gasteiger partial charge in [0.05, 0.1) is 0 Å². The van der Waals surface area contributed by atoms with Crippen LogP contribution in [0.4, 0.5) is 8.78 Å². The molecule has 17 heavy (non-hydrogen) atoms. The molecule has 1 atom stereocenters. The van der Waals surface area contributed by atoms with E-state index in [-0.39, 0.29) is 5.75 Å². The lowest BCUT2D eigenvalue weighted by Gasteiger charge is -2.14. The van der Waals surface area contributed by atoms with Gasteiger partial charge in [0.15, 0.2) is 6.10 Å². The molecule has 1 N–H and O–H groups in total. The number of carbonyl (C=O) groups is 1. The quantitative estimate of drug-likeness (QED) is 0.836. The van der Waals surface area contributed by atoms with E-state index in [9.17, 15) is 13.6 Å². The highest BCUT2D eigenvalue weighted by Crippen LogP contribution is 2.18. The summed E-state index contributed by atoms with van der Waals surface area (Å²) < 4.78 is 30.8. The van der Waals surface area contributed by atoms with Gasteiger partial charge in [-0.05, 0) is 12.8 Å². The number of aliphatic carboxylic acids is 1. The van der Waals surface area contributed by atoms with E-state index >= 15 is 0 Å². The molecule has 5 heteroatoms. The predicted octanol–water partition coefficient (Wildman–Crippen LogP) is 2.99. The Kier molecular flexibility index (Phi) is 4.87. The van der Waals surface area contributed by atoms with Crippen LogP contribution < -0.4 is 4.74 Å². The zero-order valence-corrected chi connectivity index (χ0v) is 9.45. The lowest BCUT2D eigenvalue weighted by Crippen LogP contribution is -2.26. The highest BCUT2D eigenvalue weighted by Gasteiger charge is 2.19. The molecular formula is C12H14F2O3. The molecule has 0 aliphatic rings. The zero-order valence-electron chi connectivity index (χ0n) is 9.45. The van der Waals surface area contributed by atoms with Gasteiger partial charge < -0.3 is 9.84 Å². The SMILES string of the molecule is CCCCC(Oc1cc(F)cc(F)c1)C(=O)O. The molecule has 1 unspecified atom stereocenters. The normalized spacial score (nSPS) is 12.2. The van der Waals surface area contributed by atoms with Crippen LogP contribution in [0.2, 0.25) is 0 Å². The van der Waals surface area contributed by atoms with Crippen LogP contribution in [0.25, 0.3) is 0 Å². The van der Waals surface area contributed by atoms with E-state index in [1.807, 2.05) is 6.92 Å². The Bertz CT molecular complexity index is 373. The molecule has 1 rings (SSSR count). The summed E-state index contributed by atoms with van der Waals surface area (Å²) in [5, 5.41) is 8.89. The topological polar surface area (TPSA) is 46.5 Å². The van der Waals surface area contributed by atoms with Gasteiger partial charge in [-0.1, -0.05) is 13.3 Å². The number of unbranched alkanes of at least 4 members (excludes halogenated alkanes) is 1. The Morgan fingerprint density at radius 1 is 1.35 bits per heavy atom. The van der Waals surface area contributed by atoms with Gasteiger partial charge in [-0.2, -0.15) is 0 Å². The van der Waals surface area contributed by atoms with E-state index in [1.165, 1.54) is 0 Å². The Balaban J connectivity index is 2.74. The van der Waals surface area contributed by atoms with Crippen LogP contribution in [0.15, 0.2) is 18.2 Å². The average molecular weight is 244 g/mol. The highest BCUT2D eigenvalue weighted by molar-refractivity contribution is 5.72. The molecule has 94 valence electrons. The molecule has 0 bridgehead atoms. The first-order valence-electron chi connectivity index (χ1n) is 5.38. The van der Waals surface area contributed by atoms with Crippen LogP contribution in [0, 0.1) is 11.6 Å². The third kappa shape index (κ3) is 4.38. The van der Waals surface area contributed by atoms with Crippen molar-refractivity contribution in [2.45, 2.75) is 32.3 Å². The summed E-state index contributed by atoms with van der Waals surface area (Å²) in [6.07, 6.45) is 0.736. The summed E-state index contributed by atoms with van der Waals surface area (Å²) in [5.41, 5.74) is 0. The van der Waals surface area contributed by atoms with Gasteiger partial charge in [-0.15, -0.1) is 0 Å². The number of rotatable bonds is 6. The first-order chi connectivity index (χ1) is 8.02. The maximum Gasteiger partial charge on any atom is 0.344 e. The molecule has 0 aromatic heterocycles. The summed E-state index contributed by atoms with van der Waals surface area (Å²) in [6, 6.07) is 2.63. The molecule has 1 aromatic rings. The fourth-order valence-corrected chi connectivity index (χ4v) is 1.38. The summed E-state index contributed by atoms with van der Waals surface area (Å²) in [7, 11) is 0. The van der Waals surface area contributed by atoms with Crippen LogP contribution in [-0.2, 0) is 4.79 Å². The van der Waals surface area contributed by atoms with Crippen LogP contribution in [0.3, 0.4) is 0 Å². The van der Waals surface area contributed by atoms with Gasteiger partial charge in [-0.3, -0.25) is 0 Å². The number of benzene rings is 1.